The van der Waals surface area contributed by atoms with E-state index in [0.717, 1.165) is 17.1 Å². The molecule has 3 aromatic rings. The molecule has 1 aromatic carbocycles. The van der Waals surface area contributed by atoms with Gasteiger partial charge >= 0.3 is 0 Å². The van der Waals surface area contributed by atoms with Gasteiger partial charge in [-0.25, -0.2) is 4.98 Å². The minimum absolute atomic E-state index is 0.0794. The van der Waals surface area contributed by atoms with E-state index in [9.17, 15) is 14.7 Å². The molecule has 4 rings (SSSR count). The van der Waals surface area contributed by atoms with E-state index < -0.39 is 12.1 Å². The molecular weight excluding hydrogens is 412 g/mol. The SMILES string of the molecule is Cc1cc(C(=O)Nc2ccc([C@H]3OCC(=O)N(Cc4nccn4C)[C@@H]3CO)cc2)n(C)n1. The summed E-state index contributed by atoms with van der Waals surface area (Å²) < 4.78 is 9.17. The van der Waals surface area contributed by atoms with Crippen LogP contribution in [0.4, 0.5) is 5.69 Å². The molecule has 2 atom stereocenters. The van der Waals surface area contributed by atoms with Gasteiger partial charge in [0.05, 0.1) is 24.9 Å². The molecule has 168 valence electrons. The van der Waals surface area contributed by atoms with Crippen LogP contribution in [0.5, 0.6) is 0 Å². The summed E-state index contributed by atoms with van der Waals surface area (Å²) in [5.74, 6) is 0.273. The van der Waals surface area contributed by atoms with Gasteiger partial charge in [-0.15, -0.1) is 0 Å². The first-order valence-electron chi connectivity index (χ1n) is 10.3. The van der Waals surface area contributed by atoms with Crippen LogP contribution in [0.2, 0.25) is 0 Å². The van der Waals surface area contributed by atoms with Gasteiger partial charge in [0.25, 0.3) is 5.91 Å². The fourth-order valence-corrected chi connectivity index (χ4v) is 3.90. The van der Waals surface area contributed by atoms with Gasteiger partial charge in [0, 0.05) is 32.2 Å². The van der Waals surface area contributed by atoms with E-state index in [1.807, 2.05) is 36.9 Å². The molecule has 0 bridgehead atoms. The molecule has 2 N–H and O–H groups in total. The van der Waals surface area contributed by atoms with Crippen LogP contribution in [-0.2, 0) is 30.2 Å². The molecule has 1 fully saturated rings. The minimum Gasteiger partial charge on any atom is -0.394 e. The number of rotatable bonds is 6. The highest BCUT2D eigenvalue weighted by atomic mass is 16.5. The second-order valence-corrected chi connectivity index (χ2v) is 7.83. The van der Waals surface area contributed by atoms with Crippen molar-refractivity contribution in [2.24, 2.45) is 14.1 Å². The molecule has 0 aliphatic carbocycles. The molecule has 0 unspecified atom stereocenters. The van der Waals surface area contributed by atoms with E-state index in [2.05, 4.69) is 15.4 Å². The van der Waals surface area contributed by atoms with Crippen molar-refractivity contribution >= 4 is 17.5 Å². The first-order valence-corrected chi connectivity index (χ1v) is 10.3. The van der Waals surface area contributed by atoms with Crippen molar-refractivity contribution < 1.29 is 19.4 Å². The quantitative estimate of drug-likeness (QED) is 0.597. The third-order valence-corrected chi connectivity index (χ3v) is 5.61. The Kier molecular flexibility index (Phi) is 6.06. The monoisotopic (exact) mass is 438 g/mol. The van der Waals surface area contributed by atoms with Crippen LogP contribution in [0.25, 0.3) is 0 Å². The van der Waals surface area contributed by atoms with Crippen LogP contribution >= 0.6 is 0 Å². The summed E-state index contributed by atoms with van der Waals surface area (Å²) in [6.45, 7) is 1.78. The number of amides is 2. The average molecular weight is 438 g/mol. The molecule has 3 heterocycles. The Morgan fingerprint density at radius 1 is 1.28 bits per heavy atom. The number of imidazole rings is 1. The zero-order valence-electron chi connectivity index (χ0n) is 18.2. The number of carbonyl (C=O) groups is 2. The Morgan fingerprint density at radius 2 is 2.03 bits per heavy atom. The van der Waals surface area contributed by atoms with Crippen molar-refractivity contribution in [3.63, 3.8) is 0 Å². The lowest BCUT2D eigenvalue weighted by molar-refractivity contribution is -0.162. The van der Waals surface area contributed by atoms with Crippen LogP contribution in [0, 0.1) is 6.92 Å². The van der Waals surface area contributed by atoms with Crippen molar-refractivity contribution in [1.29, 1.82) is 0 Å². The number of aromatic nitrogens is 4. The van der Waals surface area contributed by atoms with Gasteiger partial charge in [-0.3, -0.25) is 14.3 Å². The second kappa shape index (κ2) is 8.93. The number of nitrogens with one attached hydrogen (secondary N) is 1. The maximum atomic E-state index is 12.5. The third-order valence-electron chi connectivity index (χ3n) is 5.61. The largest absolute Gasteiger partial charge is 0.394 e. The fraction of sp³-hybridized carbons (Fsp3) is 0.364. The van der Waals surface area contributed by atoms with Gasteiger partial charge in [0.15, 0.2) is 0 Å². The molecule has 0 spiro atoms. The minimum atomic E-state index is -0.550. The van der Waals surface area contributed by atoms with E-state index in [0.29, 0.717) is 11.4 Å². The van der Waals surface area contributed by atoms with E-state index in [-0.39, 0.29) is 31.6 Å². The number of hydrogen-bond acceptors (Lipinski definition) is 6. The predicted octanol–water partition coefficient (Wildman–Crippen LogP) is 1.18. The highest BCUT2D eigenvalue weighted by Gasteiger charge is 2.37. The van der Waals surface area contributed by atoms with Crippen molar-refractivity contribution in [3.8, 4) is 0 Å². The third kappa shape index (κ3) is 4.27. The van der Waals surface area contributed by atoms with Crippen molar-refractivity contribution in [3.05, 3.63) is 65.5 Å². The first kappa shape index (κ1) is 21.7. The Morgan fingerprint density at radius 3 is 2.62 bits per heavy atom. The Bertz CT molecular complexity index is 1120. The number of hydrogen-bond donors (Lipinski definition) is 2. The number of benzene rings is 1. The van der Waals surface area contributed by atoms with Crippen molar-refractivity contribution in [2.75, 3.05) is 18.5 Å². The summed E-state index contributed by atoms with van der Waals surface area (Å²) in [5, 5.41) is 17.1. The zero-order chi connectivity index (χ0) is 22.8. The number of aryl methyl sites for hydroxylation is 3. The molecular formula is C22H26N6O4. The molecule has 1 aliphatic rings. The summed E-state index contributed by atoms with van der Waals surface area (Å²) in [7, 11) is 3.58. The summed E-state index contributed by atoms with van der Waals surface area (Å²) >= 11 is 0. The van der Waals surface area contributed by atoms with Gasteiger partial charge in [0.2, 0.25) is 5.91 Å². The molecule has 32 heavy (non-hydrogen) atoms. The predicted molar refractivity (Wildman–Crippen MR) is 116 cm³/mol. The number of morpholine rings is 1. The highest BCUT2D eigenvalue weighted by Crippen LogP contribution is 2.30. The topological polar surface area (TPSA) is 115 Å². The zero-order valence-corrected chi connectivity index (χ0v) is 18.2. The van der Waals surface area contributed by atoms with E-state index in [1.54, 1.807) is 36.3 Å². The van der Waals surface area contributed by atoms with Crippen LogP contribution in [0.1, 0.15) is 33.7 Å². The van der Waals surface area contributed by atoms with Gasteiger partial charge < -0.3 is 24.6 Å². The molecule has 0 radical (unpaired) electrons. The summed E-state index contributed by atoms with van der Waals surface area (Å²) in [5.41, 5.74) is 2.65. The van der Waals surface area contributed by atoms with Crippen LogP contribution in [0.15, 0.2) is 42.7 Å². The molecule has 10 heteroatoms. The van der Waals surface area contributed by atoms with Crippen molar-refractivity contribution in [1.82, 2.24) is 24.2 Å². The van der Waals surface area contributed by atoms with Crippen LogP contribution in [0.3, 0.4) is 0 Å². The average Bonchev–Trinajstić information content (AvgIpc) is 3.33. The van der Waals surface area contributed by atoms with Crippen LogP contribution in [-0.4, -0.2) is 60.4 Å². The highest BCUT2D eigenvalue weighted by molar-refractivity contribution is 6.03. The van der Waals surface area contributed by atoms with Gasteiger partial charge in [0.1, 0.15) is 24.2 Å². The number of aliphatic hydroxyl groups is 1. The maximum Gasteiger partial charge on any atom is 0.273 e. The molecule has 0 saturated carbocycles. The maximum absolute atomic E-state index is 12.5. The lowest BCUT2D eigenvalue weighted by Crippen LogP contribution is -2.52. The summed E-state index contributed by atoms with van der Waals surface area (Å²) in [6.07, 6.45) is 2.99. The number of carbonyl (C=O) groups excluding carboxylic acids is 2. The summed E-state index contributed by atoms with van der Waals surface area (Å²) in [4.78, 5) is 30.9. The van der Waals surface area contributed by atoms with Gasteiger partial charge in [-0.05, 0) is 30.7 Å². The van der Waals surface area contributed by atoms with E-state index >= 15 is 0 Å². The van der Waals surface area contributed by atoms with E-state index in [4.69, 9.17) is 4.74 Å². The van der Waals surface area contributed by atoms with Gasteiger partial charge in [-0.2, -0.15) is 5.10 Å². The van der Waals surface area contributed by atoms with Crippen molar-refractivity contribution in [2.45, 2.75) is 25.6 Å². The molecule has 1 aliphatic heterocycles. The van der Waals surface area contributed by atoms with E-state index in [1.165, 1.54) is 4.68 Å². The molecule has 2 amide bonds. The number of nitrogens with zero attached hydrogens (tertiary/aromatic N) is 5. The number of anilines is 1. The fourth-order valence-electron chi connectivity index (χ4n) is 3.90. The smallest absolute Gasteiger partial charge is 0.273 e. The number of aliphatic hydroxyl groups excluding tert-OH is 1. The van der Waals surface area contributed by atoms with Crippen LogP contribution < -0.4 is 5.32 Å². The second-order valence-electron chi connectivity index (χ2n) is 7.83. The normalized spacial score (nSPS) is 18.8. The summed E-state index contributed by atoms with van der Waals surface area (Å²) in [6, 6.07) is 8.37. The number of ether oxygens (including phenoxy) is 1. The standard InChI is InChI=1S/C22H26N6O4/c1-14-10-17(27(3)25-14)22(31)24-16-6-4-15(5-7-16)21-18(12-29)28(20(30)13-32-21)11-19-23-8-9-26(19)2/h4-10,18,21,29H,11-13H2,1-3H3,(H,24,31)/t18-,21-/m1/s1. The molecule has 10 nitrogen and oxygen atoms in total. The molecule has 2 aromatic heterocycles. The Hall–Kier alpha value is -3.50. The lowest BCUT2D eigenvalue weighted by Gasteiger charge is -2.40. The first-order chi connectivity index (χ1) is 15.4. The Balaban J connectivity index is 1.49. The lowest BCUT2D eigenvalue weighted by atomic mass is 9.99. The Labute approximate surface area is 185 Å². The molecule has 1 saturated heterocycles. The van der Waals surface area contributed by atoms with Gasteiger partial charge in [-0.1, -0.05) is 12.1 Å².